The molecule has 0 saturated carbocycles. The van der Waals surface area contributed by atoms with E-state index in [1.807, 2.05) is 30.5 Å². The molecule has 88 valence electrons. The molecule has 0 unspecified atom stereocenters. The summed E-state index contributed by atoms with van der Waals surface area (Å²) >= 11 is 0. The molecule has 3 rings (SSSR count). The zero-order chi connectivity index (χ0) is 12.4. The molecule has 0 aliphatic rings. The van der Waals surface area contributed by atoms with Crippen molar-refractivity contribution in [1.82, 2.24) is 0 Å². The van der Waals surface area contributed by atoms with Crippen LogP contribution in [0.15, 0.2) is 71.3 Å². The topological polar surface area (TPSA) is 13.1 Å². The van der Waals surface area contributed by atoms with E-state index in [1.165, 1.54) is 16.7 Å². The summed E-state index contributed by atoms with van der Waals surface area (Å²) in [6, 6.07) is 20.6. The van der Waals surface area contributed by atoms with Gasteiger partial charge in [-0.25, -0.2) is 0 Å². The van der Waals surface area contributed by atoms with Crippen LogP contribution >= 0.6 is 0 Å². The van der Waals surface area contributed by atoms with Crippen LogP contribution < -0.4 is 0 Å². The molecular formula is C17H14O. The Labute approximate surface area is 107 Å². The molecule has 0 saturated heterocycles. The fourth-order valence-corrected chi connectivity index (χ4v) is 2.21. The Morgan fingerprint density at radius 1 is 0.722 bits per heavy atom. The van der Waals surface area contributed by atoms with Crippen LogP contribution in [0.2, 0.25) is 0 Å². The van der Waals surface area contributed by atoms with E-state index in [9.17, 15) is 0 Å². The molecule has 3 aromatic rings. The SMILES string of the molecule is Cc1coc(-c2ccccc2)c1-c1ccccc1. The van der Waals surface area contributed by atoms with Gasteiger partial charge in [0, 0.05) is 11.1 Å². The maximum absolute atomic E-state index is 5.74. The first-order valence-electron chi connectivity index (χ1n) is 6.05. The molecular weight excluding hydrogens is 220 g/mol. The van der Waals surface area contributed by atoms with Crippen molar-refractivity contribution in [3.05, 3.63) is 72.5 Å². The lowest BCUT2D eigenvalue weighted by Gasteiger charge is -2.04. The maximum Gasteiger partial charge on any atom is 0.141 e. The van der Waals surface area contributed by atoms with E-state index in [0.717, 1.165) is 11.3 Å². The Bertz CT molecular complexity index is 636. The van der Waals surface area contributed by atoms with Gasteiger partial charge < -0.3 is 4.42 Å². The molecule has 0 atom stereocenters. The molecule has 0 bridgehead atoms. The lowest BCUT2D eigenvalue weighted by atomic mass is 9.99. The number of hydrogen-bond donors (Lipinski definition) is 0. The molecule has 0 spiro atoms. The number of benzene rings is 2. The largest absolute Gasteiger partial charge is 0.463 e. The van der Waals surface area contributed by atoms with Crippen molar-refractivity contribution in [2.45, 2.75) is 6.92 Å². The van der Waals surface area contributed by atoms with E-state index in [-0.39, 0.29) is 0 Å². The van der Waals surface area contributed by atoms with Crippen LogP contribution in [0.1, 0.15) is 5.56 Å². The summed E-state index contributed by atoms with van der Waals surface area (Å²) in [4.78, 5) is 0. The summed E-state index contributed by atoms with van der Waals surface area (Å²) in [6.45, 7) is 2.08. The van der Waals surface area contributed by atoms with Crippen LogP contribution in [0, 0.1) is 6.92 Å². The van der Waals surface area contributed by atoms with Gasteiger partial charge in [0.05, 0.1) is 6.26 Å². The fourth-order valence-electron chi connectivity index (χ4n) is 2.21. The van der Waals surface area contributed by atoms with E-state index in [0.29, 0.717) is 0 Å². The third-order valence-corrected chi connectivity index (χ3v) is 3.07. The van der Waals surface area contributed by atoms with Gasteiger partial charge >= 0.3 is 0 Å². The summed E-state index contributed by atoms with van der Waals surface area (Å²) in [7, 11) is 0. The van der Waals surface area contributed by atoms with E-state index >= 15 is 0 Å². The third kappa shape index (κ3) is 1.84. The standard InChI is InChI=1S/C17H14O/c1-13-12-18-17(15-10-6-3-7-11-15)16(13)14-8-4-2-5-9-14/h2-12H,1H3. The van der Waals surface area contributed by atoms with Crippen LogP contribution in [0.4, 0.5) is 0 Å². The second kappa shape index (κ2) is 4.53. The highest BCUT2D eigenvalue weighted by Crippen LogP contribution is 2.35. The second-order valence-corrected chi connectivity index (χ2v) is 4.35. The summed E-state index contributed by atoms with van der Waals surface area (Å²) < 4.78 is 5.74. The van der Waals surface area contributed by atoms with Gasteiger partial charge in [0.2, 0.25) is 0 Å². The minimum atomic E-state index is 0.944. The predicted octanol–water partition coefficient (Wildman–Crippen LogP) is 4.92. The van der Waals surface area contributed by atoms with Gasteiger partial charge in [0.1, 0.15) is 5.76 Å². The van der Waals surface area contributed by atoms with Crippen molar-refractivity contribution in [2.75, 3.05) is 0 Å². The summed E-state index contributed by atoms with van der Waals surface area (Å²) in [6.07, 6.45) is 1.82. The Morgan fingerprint density at radius 3 is 1.89 bits per heavy atom. The van der Waals surface area contributed by atoms with Crippen LogP contribution in [-0.2, 0) is 0 Å². The second-order valence-electron chi connectivity index (χ2n) is 4.35. The van der Waals surface area contributed by atoms with Gasteiger partial charge in [-0.1, -0.05) is 60.7 Å². The molecule has 0 amide bonds. The summed E-state index contributed by atoms with van der Waals surface area (Å²) in [5.74, 6) is 0.944. The van der Waals surface area contributed by atoms with Crippen molar-refractivity contribution in [3.8, 4) is 22.5 Å². The van der Waals surface area contributed by atoms with Crippen LogP contribution in [0.25, 0.3) is 22.5 Å². The van der Waals surface area contributed by atoms with E-state index < -0.39 is 0 Å². The lowest BCUT2D eigenvalue weighted by Crippen LogP contribution is -1.81. The molecule has 0 aliphatic carbocycles. The highest BCUT2D eigenvalue weighted by molar-refractivity contribution is 5.82. The average molecular weight is 234 g/mol. The molecule has 0 radical (unpaired) electrons. The zero-order valence-corrected chi connectivity index (χ0v) is 10.3. The molecule has 2 aromatic carbocycles. The average Bonchev–Trinajstić information content (AvgIpc) is 2.83. The van der Waals surface area contributed by atoms with E-state index in [4.69, 9.17) is 4.42 Å². The summed E-state index contributed by atoms with van der Waals surface area (Å²) in [5, 5.41) is 0. The van der Waals surface area contributed by atoms with Crippen molar-refractivity contribution >= 4 is 0 Å². The highest BCUT2D eigenvalue weighted by Gasteiger charge is 2.13. The van der Waals surface area contributed by atoms with Gasteiger partial charge in [-0.3, -0.25) is 0 Å². The maximum atomic E-state index is 5.74. The van der Waals surface area contributed by atoms with Crippen molar-refractivity contribution in [2.24, 2.45) is 0 Å². The third-order valence-electron chi connectivity index (χ3n) is 3.07. The van der Waals surface area contributed by atoms with E-state index in [2.05, 4.69) is 43.3 Å². The normalized spacial score (nSPS) is 10.5. The molecule has 18 heavy (non-hydrogen) atoms. The van der Waals surface area contributed by atoms with Gasteiger partial charge in [0.25, 0.3) is 0 Å². The van der Waals surface area contributed by atoms with Crippen LogP contribution in [-0.4, -0.2) is 0 Å². The van der Waals surface area contributed by atoms with Gasteiger partial charge in [-0.2, -0.15) is 0 Å². The molecule has 1 nitrogen and oxygen atoms in total. The summed E-state index contributed by atoms with van der Waals surface area (Å²) in [5.41, 5.74) is 4.66. The van der Waals surface area contributed by atoms with Crippen LogP contribution in [0.3, 0.4) is 0 Å². The Hall–Kier alpha value is -2.28. The first kappa shape index (κ1) is 10.8. The number of aryl methyl sites for hydroxylation is 1. The molecule has 1 aromatic heterocycles. The number of furan rings is 1. The first-order chi connectivity index (χ1) is 8.86. The molecule has 1 heteroatoms. The van der Waals surface area contributed by atoms with Crippen molar-refractivity contribution in [1.29, 1.82) is 0 Å². The van der Waals surface area contributed by atoms with Crippen molar-refractivity contribution in [3.63, 3.8) is 0 Å². The van der Waals surface area contributed by atoms with Gasteiger partial charge in [-0.05, 0) is 18.1 Å². The minimum Gasteiger partial charge on any atom is -0.463 e. The van der Waals surface area contributed by atoms with Gasteiger partial charge in [0.15, 0.2) is 0 Å². The number of hydrogen-bond acceptors (Lipinski definition) is 1. The van der Waals surface area contributed by atoms with Crippen LogP contribution in [0.5, 0.6) is 0 Å². The first-order valence-corrected chi connectivity index (χ1v) is 6.05. The Kier molecular flexibility index (Phi) is 2.73. The molecule has 0 aliphatic heterocycles. The minimum absolute atomic E-state index is 0.944. The fraction of sp³-hybridized carbons (Fsp3) is 0.0588. The smallest absolute Gasteiger partial charge is 0.141 e. The Morgan fingerprint density at radius 2 is 1.28 bits per heavy atom. The lowest BCUT2D eigenvalue weighted by molar-refractivity contribution is 0.581. The molecule has 0 fully saturated rings. The molecule has 0 N–H and O–H groups in total. The van der Waals surface area contributed by atoms with Crippen molar-refractivity contribution < 1.29 is 4.42 Å². The van der Waals surface area contributed by atoms with E-state index in [1.54, 1.807) is 0 Å². The van der Waals surface area contributed by atoms with Gasteiger partial charge in [-0.15, -0.1) is 0 Å². The highest BCUT2D eigenvalue weighted by atomic mass is 16.3. The number of rotatable bonds is 2. The zero-order valence-electron chi connectivity index (χ0n) is 10.3. The quantitative estimate of drug-likeness (QED) is 0.613. The molecule has 1 heterocycles. The Balaban J connectivity index is 2.19. The monoisotopic (exact) mass is 234 g/mol. The predicted molar refractivity (Wildman–Crippen MR) is 74.3 cm³/mol.